The van der Waals surface area contributed by atoms with E-state index in [1.54, 1.807) is 0 Å². The smallest absolute Gasteiger partial charge is 0.129 e. The third-order valence-electron chi connectivity index (χ3n) is 2.41. The van der Waals surface area contributed by atoms with Crippen LogP contribution in [0.2, 0.25) is 0 Å². The molecule has 84 valence electrons. The molecule has 1 rings (SSSR count). The highest BCUT2D eigenvalue weighted by atomic mass is 19.1. The maximum absolute atomic E-state index is 13.3. The second-order valence-corrected chi connectivity index (χ2v) is 3.93. The van der Waals surface area contributed by atoms with Crippen molar-refractivity contribution in [3.05, 3.63) is 35.4 Å². The number of hydrogen-bond donors (Lipinski definition) is 2. The van der Waals surface area contributed by atoms with Crippen LogP contribution in [0.25, 0.3) is 0 Å². The summed E-state index contributed by atoms with van der Waals surface area (Å²) in [7, 11) is 0. The Morgan fingerprint density at radius 3 is 2.40 bits per heavy atom. The highest BCUT2D eigenvalue weighted by Gasteiger charge is 2.23. The molecule has 0 saturated heterocycles. The predicted molar refractivity (Wildman–Crippen MR) is 54.1 cm³/mol. The molecule has 4 heteroatoms. The predicted octanol–water partition coefficient (Wildman–Crippen LogP) is 1.98. The molecule has 2 unspecified atom stereocenters. The second-order valence-electron chi connectivity index (χ2n) is 3.93. The average Bonchev–Trinajstić information content (AvgIpc) is 2.19. The minimum absolute atomic E-state index is 0.0114. The summed E-state index contributed by atoms with van der Waals surface area (Å²) in [6.45, 7) is 3.62. The minimum atomic E-state index is -1.18. The van der Waals surface area contributed by atoms with Gasteiger partial charge in [-0.25, -0.2) is 8.78 Å². The van der Waals surface area contributed by atoms with E-state index in [1.165, 1.54) is 0 Å². The summed E-state index contributed by atoms with van der Waals surface area (Å²) in [4.78, 5) is 0. The lowest BCUT2D eigenvalue weighted by atomic mass is 9.94. The van der Waals surface area contributed by atoms with Crippen molar-refractivity contribution in [3.8, 4) is 0 Å². The molecule has 1 aromatic rings. The fraction of sp³-hybridized carbons (Fsp3) is 0.455. The van der Waals surface area contributed by atoms with Gasteiger partial charge >= 0.3 is 0 Å². The van der Waals surface area contributed by atoms with Crippen LogP contribution in [0.5, 0.6) is 0 Å². The highest BCUT2D eigenvalue weighted by Crippen LogP contribution is 2.23. The van der Waals surface area contributed by atoms with Crippen LogP contribution in [0.1, 0.15) is 25.5 Å². The zero-order valence-corrected chi connectivity index (χ0v) is 8.74. The van der Waals surface area contributed by atoms with E-state index in [0.717, 1.165) is 18.2 Å². The van der Waals surface area contributed by atoms with Gasteiger partial charge in [0.05, 0.1) is 6.10 Å². The summed E-state index contributed by atoms with van der Waals surface area (Å²) in [6, 6.07) is 2.36. The molecule has 0 aliphatic rings. The molecule has 2 nitrogen and oxygen atoms in total. The van der Waals surface area contributed by atoms with Crippen LogP contribution in [0.4, 0.5) is 8.78 Å². The van der Waals surface area contributed by atoms with E-state index in [9.17, 15) is 13.9 Å². The molecule has 0 aliphatic heterocycles. The van der Waals surface area contributed by atoms with E-state index in [1.807, 2.05) is 13.8 Å². The lowest BCUT2D eigenvalue weighted by Crippen LogP contribution is -2.34. The zero-order valence-electron chi connectivity index (χ0n) is 8.74. The fourth-order valence-electron chi connectivity index (χ4n) is 1.31. The first kappa shape index (κ1) is 12.1. The van der Waals surface area contributed by atoms with Crippen molar-refractivity contribution < 1.29 is 13.9 Å². The summed E-state index contributed by atoms with van der Waals surface area (Å²) in [6.07, 6.45) is -1.18. The van der Waals surface area contributed by atoms with Gasteiger partial charge < -0.3 is 10.8 Å². The van der Waals surface area contributed by atoms with Gasteiger partial charge in [-0.1, -0.05) is 13.8 Å². The van der Waals surface area contributed by atoms with E-state index in [0.29, 0.717) is 0 Å². The van der Waals surface area contributed by atoms with Crippen LogP contribution in [0.3, 0.4) is 0 Å². The largest absolute Gasteiger partial charge is 0.387 e. The topological polar surface area (TPSA) is 46.2 Å². The molecule has 0 saturated carbocycles. The first-order chi connectivity index (χ1) is 6.93. The van der Waals surface area contributed by atoms with Gasteiger partial charge in [0, 0.05) is 11.6 Å². The quantitative estimate of drug-likeness (QED) is 0.809. The van der Waals surface area contributed by atoms with E-state index >= 15 is 0 Å². The van der Waals surface area contributed by atoms with E-state index in [-0.39, 0.29) is 11.5 Å². The number of rotatable bonds is 3. The molecule has 0 aromatic heterocycles. The average molecular weight is 215 g/mol. The van der Waals surface area contributed by atoms with Crippen molar-refractivity contribution >= 4 is 0 Å². The molecule has 0 fully saturated rings. The Kier molecular flexibility index (Phi) is 3.77. The van der Waals surface area contributed by atoms with Gasteiger partial charge in [0.25, 0.3) is 0 Å². The number of aliphatic hydroxyl groups excluding tert-OH is 1. The molecule has 0 aliphatic carbocycles. The first-order valence-electron chi connectivity index (χ1n) is 4.82. The van der Waals surface area contributed by atoms with Gasteiger partial charge in [-0.3, -0.25) is 0 Å². The zero-order chi connectivity index (χ0) is 11.6. The van der Waals surface area contributed by atoms with Crippen LogP contribution in [0.15, 0.2) is 18.2 Å². The molecule has 0 heterocycles. The van der Waals surface area contributed by atoms with Crippen molar-refractivity contribution in [1.29, 1.82) is 0 Å². The molecule has 3 N–H and O–H groups in total. The third-order valence-corrected chi connectivity index (χ3v) is 2.41. The summed E-state index contributed by atoms with van der Waals surface area (Å²) < 4.78 is 26.1. The van der Waals surface area contributed by atoms with E-state index in [2.05, 4.69) is 0 Å². The van der Waals surface area contributed by atoms with Gasteiger partial charge in [-0.05, 0) is 24.1 Å². The van der Waals surface area contributed by atoms with E-state index < -0.39 is 23.8 Å². The Balaban J connectivity index is 2.99. The number of benzene rings is 1. The van der Waals surface area contributed by atoms with Crippen LogP contribution >= 0.6 is 0 Å². The summed E-state index contributed by atoms with van der Waals surface area (Å²) >= 11 is 0. The number of aliphatic hydroxyl groups is 1. The Bertz CT molecular complexity index is 341. The Morgan fingerprint density at radius 1 is 1.27 bits per heavy atom. The van der Waals surface area contributed by atoms with Crippen molar-refractivity contribution in [1.82, 2.24) is 0 Å². The Labute approximate surface area is 87.7 Å². The van der Waals surface area contributed by atoms with Crippen LogP contribution < -0.4 is 5.73 Å². The molecule has 0 spiro atoms. The van der Waals surface area contributed by atoms with Crippen molar-refractivity contribution in [2.45, 2.75) is 26.0 Å². The molecule has 0 amide bonds. The maximum atomic E-state index is 13.3. The number of hydrogen-bond acceptors (Lipinski definition) is 2. The van der Waals surface area contributed by atoms with E-state index in [4.69, 9.17) is 5.73 Å². The Morgan fingerprint density at radius 2 is 1.87 bits per heavy atom. The first-order valence-corrected chi connectivity index (χ1v) is 4.82. The van der Waals surface area contributed by atoms with Gasteiger partial charge in [0.15, 0.2) is 0 Å². The van der Waals surface area contributed by atoms with Crippen molar-refractivity contribution in [3.63, 3.8) is 0 Å². The summed E-state index contributed by atoms with van der Waals surface area (Å²) in [5, 5.41) is 9.73. The third kappa shape index (κ3) is 2.73. The molecule has 0 radical (unpaired) electrons. The monoisotopic (exact) mass is 215 g/mol. The fourth-order valence-corrected chi connectivity index (χ4v) is 1.31. The lowest BCUT2D eigenvalue weighted by Gasteiger charge is -2.22. The van der Waals surface area contributed by atoms with Crippen LogP contribution in [-0.4, -0.2) is 11.1 Å². The standard InChI is InChI=1S/C11H15F2NO/c1-6(2)10(14)11(15)8-5-7(12)3-4-9(8)13/h3-6,10-11,15H,14H2,1-2H3. The van der Waals surface area contributed by atoms with Crippen molar-refractivity contribution in [2.24, 2.45) is 11.7 Å². The highest BCUT2D eigenvalue weighted by molar-refractivity contribution is 5.22. The molecule has 0 bridgehead atoms. The second kappa shape index (κ2) is 4.68. The lowest BCUT2D eigenvalue weighted by molar-refractivity contribution is 0.121. The van der Waals surface area contributed by atoms with Crippen LogP contribution in [0, 0.1) is 17.6 Å². The Hall–Kier alpha value is -1.00. The summed E-state index contributed by atoms with van der Waals surface area (Å²) in [5.74, 6) is -1.23. The normalized spacial score (nSPS) is 15.4. The van der Waals surface area contributed by atoms with Crippen LogP contribution in [-0.2, 0) is 0 Å². The number of halogens is 2. The van der Waals surface area contributed by atoms with Gasteiger partial charge in [0.2, 0.25) is 0 Å². The van der Waals surface area contributed by atoms with Crippen molar-refractivity contribution in [2.75, 3.05) is 0 Å². The number of nitrogens with two attached hydrogens (primary N) is 1. The molecule has 15 heavy (non-hydrogen) atoms. The molecule has 1 aromatic carbocycles. The van der Waals surface area contributed by atoms with Gasteiger partial charge in [-0.15, -0.1) is 0 Å². The maximum Gasteiger partial charge on any atom is 0.129 e. The molecular weight excluding hydrogens is 200 g/mol. The molecule has 2 atom stereocenters. The summed E-state index contributed by atoms with van der Waals surface area (Å²) in [5.41, 5.74) is 5.59. The molecular formula is C11H15F2NO. The van der Waals surface area contributed by atoms with Gasteiger partial charge in [-0.2, -0.15) is 0 Å². The van der Waals surface area contributed by atoms with Gasteiger partial charge in [0.1, 0.15) is 11.6 Å². The SMILES string of the molecule is CC(C)C(N)C(O)c1cc(F)ccc1F. The minimum Gasteiger partial charge on any atom is -0.387 e.